The summed E-state index contributed by atoms with van der Waals surface area (Å²) >= 11 is 5.74. The van der Waals surface area contributed by atoms with Gasteiger partial charge < -0.3 is 10.6 Å². The Labute approximate surface area is 125 Å². The van der Waals surface area contributed by atoms with Crippen molar-refractivity contribution >= 4 is 23.2 Å². The average molecular weight is 312 g/mol. The Bertz CT molecular complexity index is 694. The summed E-state index contributed by atoms with van der Waals surface area (Å²) in [6, 6.07) is 4.83. The first-order valence-electron chi connectivity index (χ1n) is 5.99. The fourth-order valence-corrected chi connectivity index (χ4v) is 1.97. The summed E-state index contributed by atoms with van der Waals surface area (Å²) in [6.07, 6.45) is 1.29. The molecule has 0 saturated carbocycles. The van der Waals surface area contributed by atoms with Gasteiger partial charge in [0.05, 0.1) is 17.4 Å². The summed E-state index contributed by atoms with van der Waals surface area (Å²) in [5, 5.41) is 0.147. The van der Waals surface area contributed by atoms with Gasteiger partial charge in [-0.3, -0.25) is 4.79 Å². The van der Waals surface area contributed by atoms with E-state index in [0.717, 1.165) is 12.1 Å². The number of nitrogens with zero attached hydrogens (tertiary/aromatic N) is 2. The van der Waals surface area contributed by atoms with E-state index in [4.69, 9.17) is 17.3 Å². The molecule has 1 heterocycles. The molecule has 2 N–H and O–H groups in total. The van der Waals surface area contributed by atoms with Crippen LogP contribution in [0, 0.1) is 11.6 Å². The van der Waals surface area contributed by atoms with Crippen molar-refractivity contribution in [2.45, 2.75) is 6.54 Å². The van der Waals surface area contributed by atoms with Crippen LogP contribution in [0.5, 0.6) is 0 Å². The lowest BCUT2D eigenvalue weighted by molar-refractivity contribution is 0.0786. The third-order valence-electron chi connectivity index (χ3n) is 2.88. The minimum absolute atomic E-state index is 0.107. The number of hydrogen-bond acceptors (Lipinski definition) is 3. The van der Waals surface area contributed by atoms with Crippen LogP contribution >= 0.6 is 11.6 Å². The minimum Gasteiger partial charge on any atom is -0.397 e. The van der Waals surface area contributed by atoms with Crippen molar-refractivity contribution < 1.29 is 13.6 Å². The largest absolute Gasteiger partial charge is 0.397 e. The molecule has 0 atom stereocenters. The van der Waals surface area contributed by atoms with Crippen molar-refractivity contribution in [1.82, 2.24) is 9.88 Å². The summed E-state index contributed by atoms with van der Waals surface area (Å²) in [4.78, 5) is 17.4. The third-order valence-corrected chi connectivity index (χ3v) is 3.09. The van der Waals surface area contributed by atoms with Gasteiger partial charge in [-0.15, -0.1) is 0 Å². The van der Waals surface area contributed by atoms with Gasteiger partial charge in [-0.2, -0.15) is 0 Å². The summed E-state index contributed by atoms with van der Waals surface area (Å²) in [7, 11) is 1.53. The molecule has 0 bridgehead atoms. The fraction of sp³-hybridized carbons (Fsp3) is 0.143. The van der Waals surface area contributed by atoms with Gasteiger partial charge in [0, 0.05) is 13.6 Å². The standard InChI is InChI=1S/C14H12ClF2N3O/c1-20(7-8-2-3-10(16)11(17)4-8)14(21)9-5-13(15)19-6-12(9)18/h2-6H,7,18H2,1H3. The highest BCUT2D eigenvalue weighted by Crippen LogP contribution is 2.18. The highest BCUT2D eigenvalue weighted by molar-refractivity contribution is 6.29. The molecular formula is C14H12ClF2N3O. The van der Waals surface area contributed by atoms with E-state index in [1.54, 1.807) is 0 Å². The first kappa shape index (κ1) is 15.2. The van der Waals surface area contributed by atoms with E-state index in [1.807, 2.05) is 0 Å². The van der Waals surface area contributed by atoms with E-state index in [9.17, 15) is 13.6 Å². The molecule has 21 heavy (non-hydrogen) atoms. The van der Waals surface area contributed by atoms with Crippen molar-refractivity contribution in [2.24, 2.45) is 0 Å². The predicted octanol–water partition coefficient (Wildman–Crippen LogP) is 2.87. The monoisotopic (exact) mass is 311 g/mol. The predicted molar refractivity (Wildman–Crippen MR) is 75.8 cm³/mol. The Morgan fingerprint density at radius 2 is 2.05 bits per heavy atom. The number of halogens is 3. The lowest BCUT2D eigenvalue weighted by Crippen LogP contribution is -2.27. The quantitative estimate of drug-likeness (QED) is 0.887. The summed E-state index contributed by atoms with van der Waals surface area (Å²) in [6.45, 7) is 0.107. The number of anilines is 1. The van der Waals surface area contributed by atoms with E-state index in [0.29, 0.717) is 5.56 Å². The van der Waals surface area contributed by atoms with Crippen LogP contribution < -0.4 is 5.73 Å². The minimum atomic E-state index is -0.959. The number of carbonyl (C=O) groups is 1. The molecule has 2 aromatic rings. The molecular weight excluding hydrogens is 300 g/mol. The van der Waals surface area contributed by atoms with Gasteiger partial charge in [-0.1, -0.05) is 17.7 Å². The number of rotatable bonds is 3. The third kappa shape index (κ3) is 3.46. The Balaban J connectivity index is 2.19. The van der Waals surface area contributed by atoms with E-state index in [1.165, 1.54) is 30.3 Å². The van der Waals surface area contributed by atoms with Crippen molar-refractivity contribution in [2.75, 3.05) is 12.8 Å². The van der Waals surface area contributed by atoms with Crippen molar-refractivity contribution in [1.29, 1.82) is 0 Å². The maximum Gasteiger partial charge on any atom is 0.256 e. The molecule has 0 saturated heterocycles. The molecule has 4 nitrogen and oxygen atoms in total. The number of carbonyl (C=O) groups excluding carboxylic acids is 1. The van der Waals surface area contributed by atoms with Crippen LogP contribution in [0.15, 0.2) is 30.5 Å². The normalized spacial score (nSPS) is 10.5. The second-order valence-corrected chi connectivity index (χ2v) is 4.89. The Morgan fingerprint density at radius 1 is 1.33 bits per heavy atom. The first-order valence-corrected chi connectivity index (χ1v) is 6.36. The Kier molecular flexibility index (Phi) is 4.37. The molecule has 0 aliphatic carbocycles. The summed E-state index contributed by atoms with van der Waals surface area (Å²) in [5.74, 6) is -2.28. The van der Waals surface area contributed by atoms with Gasteiger partial charge in [-0.25, -0.2) is 13.8 Å². The highest BCUT2D eigenvalue weighted by Gasteiger charge is 2.16. The van der Waals surface area contributed by atoms with Crippen LogP contribution in [-0.2, 0) is 6.54 Å². The zero-order valence-electron chi connectivity index (χ0n) is 11.1. The topological polar surface area (TPSA) is 59.2 Å². The van der Waals surface area contributed by atoms with E-state index < -0.39 is 11.6 Å². The van der Waals surface area contributed by atoms with Gasteiger partial charge in [-0.05, 0) is 23.8 Å². The molecule has 0 aliphatic heterocycles. The summed E-state index contributed by atoms with van der Waals surface area (Å²) in [5.41, 5.74) is 6.55. The average Bonchev–Trinajstić information content (AvgIpc) is 2.44. The molecule has 1 amide bonds. The zero-order chi connectivity index (χ0) is 15.6. The van der Waals surface area contributed by atoms with E-state index >= 15 is 0 Å². The lowest BCUT2D eigenvalue weighted by atomic mass is 10.1. The second-order valence-electron chi connectivity index (χ2n) is 4.50. The number of aromatic nitrogens is 1. The van der Waals surface area contributed by atoms with Crippen LogP contribution in [0.4, 0.5) is 14.5 Å². The summed E-state index contributed by atoms with van der Waals surface area (Å²) < 4.78 is 26.0. The number of nitrogens with two attached hydrogens (primary N) is 1. The first-order chi connectivity index (χ1) is 9.88. The molecule has 0 spiro atoms. The van der Waals surface area contributed by atoms with Crippen molar-refractivity contribution in [3.63, 3.8) is 0 Å². The lowest BCUT2D eigenvalue weighted by Gasteiger charge is -2.18. The highest BCUT2D eigenvalue weighted by atomic mass is 35.5. The molecule has 110 valence electrons. The SMILES string of the molecule is CN(Cc1ccc(F)c(F)c1)C(=O)c1cc(Cl)ncc1N. The molecule has 1 aromatic carbocycles. The van der Waals surface area contributed by atoms with Crippen LogP contribution in [0.2, 0.25) is 5.15 Å². The van der Waals surface area contributed by atoms with Gasteiger partial charge in [0.1, 0.15) is 5.15 Å². The van der Waals surface area contributed by atoms with E-state index in [2.05, 4.69) is 4.98 Å². The fourth-order valence-electron chi connectivity index (χ4n) is 1.81. The Morgan fingerprint density at radius 3 is 2.71 bits per heavy atom. The van der Waals surface area contributed by atoms with Crippen LogP contribution in [0.1, 0.15) is 15.9 Å². The maximum atomic E-state index is 13.1. The van der Waals surface area contributed by atoms with Crippen molar-refractivity contribution in [3.8, 4) is 0 Å². The molecule has 2 rings (SSSR count). The van der Waals surface area contributed by atoms with Gasteiger partial charge in [0.2, 0.25) is 0 Å². The Hall–Kier alpha value is -2.21. The van der Waals surface area contributed by atoms with Crippen LogP contribution in [0.3, 0.4) is 0 Å². The van der Waals surface area contributed by atoms with Crippen molar-refractivity contribution in [3.05, 3.63) is 58.4 Å². The van der Waals surface area contributed by atoms with E-state index in [-0.39, 0.29) is 28.9 Å². The molecule has 0 fully saturated rings. The van der Waals surface area contributed by atoms with Gasteiger partial charge >= 0.3 is 0 Å². The van der Waals surface area contributed by atoms with Crippen LogP contribution in [0.25, 0.3) is 0 Å². The number of pyridine rings is 1. The molecule has 7 heteroatoms. The molecule has 0 radical (unpaired) electrons. The smallest absolute Gasteiger partial charge is 0.256 e. The molecule has 0 aliphatic rings. The van der Waals surface area contributed by atoms with Gasteiger partial charge in [0.25, 0.3) is 5.91 Å². The molecule has 1 aromatic heterocycles. The number of nitrogen functional groups attached to an aromatic ring is 1. The number of amides is 1. The van der Waals surface area contributed by atoms with Crippen LogP contribution in [-0.4, -0.2) is 22.8 Å². The second kappa shape index (κ2) is 6.05. The maximum absolute atomic E-state index is 13.1. The molecule has 0 unspecified atom stereocenters. The number of hydrogen-bond donors (Lipinski definition) is 1. The van der Waals surface area contributed by atoms with Gasteiger partial charge in [0.15, 0.2) is 11.6 Å². The number of benzene rings is 1. The zero-order valence-corrected chi connectivity index (χ0v) is 11.9.